The fourth-order valence-corrected chi connectivity index (χ4v) is 1.72. The molecule has 2 rings (SSSR count). The predicted molar refractivity (Wildman–Crippen MR) is 74.9 cm³/mol. The molecule has 0 saturated carbocycles. The van der Waals surface area contributed by atoms with E-state index in [2.05, 4.69) is 4.98 Å². The Balaban J connectivity index is 0.00000180. The number of nitrogens with two attached hydrogens (primary N) is 1. The molecule has 0 aliphatic heterocycles. The van der Waals surface area contributed by atoms with E-state index < -0.39 is 11.2 Å². The van der Waals surface area contributed by atoms with Crippen LogP contribution in [0.5, 0.6) is 5.75 Å². The molecule has 0 bridgehead atoms. The van der Waals surface area contributed by atoms with Crippen molar-refractivity contribution in [2.75, 3.05) is 5.73 Å². The smallest absolute Gasteiger partial charge is 0.326 e. The zero-order valence-corrected chi connectivity index (χ0v) is 10.8. The third kappa shape index (κ3) is 3.38. The predicted octanol–water partition coefficient (Wildman–Crippen LogP) is 0.558. The molecule has 0 spiro atoms. The molecule has 2 aromatic rings. The van der Waals surface area contributed by atoms with Crippen molar-refractivity contribution in [1.82, 2.24) is 9.97 Å². The first kappa shape index (κ1) is 14.8. The number of aromatic amines is 2. The maximum atomic E-state index is 11.3. The first-order valence-corrected chi connectivity index (χ1v) is 5.45. The van der Waals surface area contributed by atoms with E-state index in [-0.39, 0.29) is 23.8 Å². The van der Waals surface area contributed by atoms with Crippen molar-refractivity contribution in [3.05, 3.63) is 56.4 Å². The number of phenols is 1. The zero-order valence-electron chi connectivity index (χ0n) is 9.97. The molecule has 6 nitrogen and oxygen atoms in total. The van der Waals surface area contributed by atoms with Gasteiger partial charge in [0.1, 0.15) is 11.4 Å². The highest BCUT2D eigenvalue weighted by atomic mass is 35.5. The minimum Gasteiger partial charge on any atom is -0.508 e. The highest BCUT2D eigenvalue weighted by Gasteiger charge is 2.07. The molecule has 0 unspecified atom stereocenters. The molecule has 0 atom stereocenters. The van der Waals surface area contributed by atoms with Gasteiger partial charge in [0.05, 0.1) is 0 Å². The van der Waals surface area contributed by atoms with E-state index in [1.165, 1.54) is 0 Å². The van der Waals surface area contributed by atoms with Crippen LogP contribution < -0.4 is 17.0 Å². The number of H-pyrrole nitrogens is 2. The Morgan fingerprint density at radius 2 is 1.79 bits per heavy atom. The van der Waals surface area contributed by atoms with Gasteiger partial charge < -0.3 is 15.8 Å². The summed E-state index contributed by atoms with van der Waals surface area (Å²) in [6, 6.07) is 6.89. The molecule has 7 heteroatoms. The van der Waals surface area contributed by atoms with Crippen LogP contribution in [0.3, 0.4) is 0 Å². The quantitative estimate of drug-likeness (QED) is 0.659. The lowest BCUT2D eigenvalue weighted by atomic mass is 10.1. The average Bonchev–Trinajstić information content (AvgIpc) is 2.33. The lowest BCUT2D eigenvalue weighted by Gasteiger charge is -2.05. The van der Waals surface area contributed by atoms with Crippen molar-refractivity contribution in [2.45, 2.75) is 12.8 Å². The zero-order chi connectivity index (χ0) is 13.1. The first-order chi connectivity index (χ1) is 8.58. The van der Waals surface area contributed by atoms with Crippen LogP contribution in [0.25, 0.3) is 0 Å². The van der Waals surface area contributed by atoms with Crippen molar-refractivity contribution >= 4 is 18.1 Å². The van der Waals surface area contributed by atoms with Crippen molar-refractivity contribution in [3.8, 4) is 5.75 Å². The molecule has 1 aromatic heterocycles. The first-order valence-electron chi connectivity index (χ1n) is 5.45. The Morgan fingerprint density at radius 1 is 1.11 bits per heavy atom. The second-order valence-electron chi connectivity index (χ2n) is 3.93. The number of nitrogen functional groups attached to an aromatic ring is 1. The van der Waals surface area contributed by atoms with Gasteiger partial charge in [0.25, 0.3) is 5.56 Å². The van der Waals surface area contributed by atoms with Gasteiger partial charge in [-0.25, -0.2) is 4.79 Å². The largest absolute Gasteiger partial charge is 0.508 e. The van der Waals surface area contributed by atoms with Crippen molar-refractivity contribution in [1.29, 1.82) is 0 Å². The topological polar surface area (TPSA) is 112 Å². The summed E-state index contributed by atoms with van der Waals surface area (Å²) in [6.07, 6.45) is 0.860. The van der Waals surface area contributed by atoms with Gasteiger partial charge in [0.15, 0.2) is 0 Å². The number of aromatic nitrogens is 2. The second kappa shape index (κ2) is 6.10. The summed E-state index contributed by atoms with van der Waals surface area (Å²) in [5.74, 6) is 0.184. The van der Waals surface area contributed by atoms with E-state index in [0.717, 1.165) is 5.56 Å². The average molecular weight is 284 g/mol. The lowest BCUT2D eigenvalue weighted by molar-refractivity contribution is 0.468. The molecule has 19 heavy (non-hydrogen) atoms. The number of rotatable bonds is 3. The van der Waals surface area contributed by atoms with E-state index in [4.69, 9.17) is 5.73 Å². The van der Waals surface area contributed by atoms with Crippen LogP contribution in [0.4, 0.5) is 5.69 Å². The highest BCUT2D eigenvalue weighted by molar-refractivity contribution is 5.85. The van der Waals surface area contributed by atoms with Gasteiger partial charge in [0, 0.05) is 5.69 Å². The molecular formula is C12H14ClN3O3. The van der Waals surface area contributed by atoms with Crippen LogP contribution in [0.1, 0.15) is 11.3 Å². The fraction of sp³-hybridized carbons (Fsp3) is 0.167. The summed E-state index contributed by atoms with van der Waals surface area (Å²) in [5, 5.41) is 9.60. The summed E-state index contributed by atoms with van der Waals surface area (Å²) in [7, 11) is 0. The van der Waals surface area contributed by atoms with E-state index in [0.29, 0.717) is 18.5 Å². The number of nitrogens with one attached hydrogen (secondary N) is 2. The van der Waals surface area contributed by atoms with Gasteiger partial charge in [-0.3, -0.25) is 9.78 Å². The Bertz CT molecular complexity index is 678. The number of phenolic OH excluding ortho intramolecular Hbond substituents is 1. The summed E-state index contributed by atoms with van der Waals surface area (Å²) in [5.41, 5.74) is 5.52. The number of aryl methyl sites for hydroxylation is 2. The van der Waals surface area contributed by atoms with E-state index in [1.54, 1.807) is 24.3 Å². The minimum atomic E-state index is -0.592. The van der Waals surface area contributed by atoms with E-state index >= 15 is 0 Å². The second-order valence-corrected chi connectivity index (χ2v) is 3.93. The van der Waals surface area contributed by atoms with Gasteiger partial charge in [0.2, 0.25) is 0 Å². The normalized spacial score (nSPS) is 9.89. The number of hydrogen-bond donors (Lipinski definition) is 4. The van der Waals surface area contributed by atoms with Crippen LogP contribution >= 0.6 is 12.4 Å². The van der Waals surface area contributed by atoms with Crippen LogP contribution in [0, 0.1) is 0 Å². The van der Waals surface area contributed by atoms with E-state index in [1.807, 2.05) is 4.98 Å². The summed E-state index contributed by atoms with van der Waals surface area (Å²) < 4.78 is 0. The Kier molecular flexibility index (Phi) is 4.77. The molecule has 1 heterocycles. The third-order valence-electron chi connectivity index (χ3n) is 2.70. The monoisotopic (exact) mass is 283 g/mol. The lowest BCUT2D eigenvalue weighted by Crippen LogP contribution is -2.27. The van der Waals surface area contributed by atoms with Gasteiger partial charge in [-0.2, -0.15) is 0 Å². The molecule has 0 aliphatic rings. The molecule has 102 valence electrons. The number of anilines is 1. The number of benzene rings is 1. The highest BCUT2D eigenvalue weighted by Crippen LogP contribution is 2.17. The Hall–Kier alpha value is -2.21. The molecule has 0 amide bonds. The standard InChI is InChI=1S/C12H13N3O3.ClH/c13-10-8(14-12(18)15-11(10)17)6-5-7-3-1-2-4-9(7)16;/h1-4,16H,5-6,13H2,(H2,14,15,17,18);1H. The maximum Gasteiger partial charge on any atom is 0.326 e. The van der Waals surface area contributed by atoms with Gasteiger partial charge in [-0.05, 0) is 24.5 Å². The van der Waals surface area contributed by atoms with Crippen LogP contribution in [0.2, 0.25) is 0 Å². The number of hydrogen-bond acceptors (Lipinski definition) is 4. The third-order valence-corrected chi connectivity index (χ3v) is 2.70. The summed E-state index contributed by atoms with van der Waals surface area (Å²) in [4.78, 5) is 27.0. The molecule has 1 aromatic carbocycles. The van der Waals surface area contributed by atoms with Crippen LogP contribution in [-0.2, 0) is 12.8 Å². The Labute approximate surface area is 114 Å². The van der Waals surface area contributed by atoms with E-state index in [9.17, 15) is 14.7 Å². The minimum absolute atomic E-state index is 0. The van der Waals surface area contributed by atoms with Gasteiger partial charge >= 0.3 is 5.69 Å². The Morgan fingerprint density at radius 3 is 2.47 bits per heavy atom. The molecule has 0 aliphatic carbocycles. The number of aromatic hydroxyl groups is 1. The summed E-state index contributed by atoms with van der Waals surface area (Å²) in [6.45, 7) is 0. The van der Waals surface area contributed by atoms with Crippen molar-refractivity contribution in [3.63, 3.8) is 0 Å². The molecule has 0 radical (unpaired) electrons. The number of para-hydroxylation sites is 1. The van der Waals surface area contributed by atoms with Crippen molar-refractivity contribution < 1.29 is 5.11 Å². The number of halogens is 1. The van der Waals surface area contributed by atoms with Gasteiger partial charge in [-0.1, -0.05) is 18.2 Å². The van der Waals surface area contributed by atoms with Crippen LogP contribution in [0.15, 0.2) is 33.9 Å². The van der Waals surface area contributed by atoms with Crippen molar-refractivity contribution in [2.24, 2.45) is 0 Å². The SMILES string of the molecule is Cl.Nc1c(CCc2ccccc2O)[nH]c(=O)[nH]c1=O. The molecular weight excluding hydrogens is 270 g/mol. The summed E-state index contributed by atoms with van der Waals surface area (Å²) >= 11 is 0. The molecule has 0 fully saturated rings. The molecule has 5 N–H and O–H groups in total. The fourth-order valence-electron chi connectivity index (χ4n) is 1.72. The van der Waals surface area contributed by atoms with Crippen LogP contribution in [-0.4, -0.2) is 15.1 Å². The van der Waals surface area contributed by atoms with Gasteiger partial charge in [-0.15, -0.1) is 12.4 Å². The molecule has 0 saturated heterocycles. The maximum absolute atomic E-state index is 11.3.